The molecule has 2 aliphatic rings. The molecule has 2 unspecified atom stereocenters. The van der Waals surface area contributed by atoms with Gasteiger partial charge in [0.05, 0.1) is 5.60 Å². The van der Waals surface area contributed by atoms with Crippen LogP contribution in [0.3, 0.4) is 0 Å². The minimum atomic E-state index is 0.252. The van der Waals surface area contributed by atoms with Gasteiger partial charge in [0.15, 0.2) is 0 Å². The Hall–Kier alpha value is -0.860. The van der Waals surface area contributed by atoms with E-state index in [2.05, 4.69) is 42.6 Å². The molecule has 2 heteroatoms. The molecule has 1 aromatic rings. The van der Waals surface area contributed by atoms with Gasteiger partial charge in [0, 0.05) is 18.7 Å². The van der Waals surface area contributed by atoms with E-state index >= 15 is 0 Å². The molecule has 1 spiro atoms. The molecule has 1 heterocycles. The molecule has 1 N–H and O–H groups in total. The average molecular weight is 259 g/mol. The number of rotatable bonds is 4. The van der Waals surface area contributed by atoms with Crippen molar-refractivity contribution in [1.82, 2.24) is 5.32 Å². The normalized spacial score (nSPS) is 26.9. The van der Waals surface area contributed by atoms with Crippen molar-refractivity contribution in [2.45, 2.75) is 63.1 Å². The van der Waals surface area contributed by atoms with E-state index in [1.807, 2.05) is 0 Å². The maximum absolute atomic E-state index is 5.99. The lowest BCUT2D eigenvalue weighted by atomic mass is 9.74. The molecule has 0 bridgehead atoms. The maximum atomic E-state index is 5.99. The minimum absolute atomic E-state index is 0.252. The highest BCUT2D eigenvalue weighted by Crippen LogP contribution is 2.42. The number of hydrogen-bond donors (Lipinski definition) is 1. The third kappa shape index (κ3) is 3.18. The second kappa shape index (κ2) is 5.64. The molecule has 1 saturated carbocycles. The zero-order valence-electron chi connectivity index (χ0n) is 11.9. The first-order valence-electron chi connectivity index (χ1n) is 7.70. The summed E-state index contributed by atoms with van der Waals surface area (Å²) in [6.07, 6.45) is 7.40. The monoisotopic (exact) mass is 259 g/mol. The molecule has 3 rings (SSSR count). The Bertz CT molecular complexity index is 399. The van der Waals surface area contributed by atoms with Crippen LogP contribution in [0.4, 0.5) is 0 Å². The second-order valence-corrected chi connectivity index (χ2v) is 6.33. The Balaban J connectivity index is 1.50. The van der Waals surface area contributed by atoms with E-state index in [1.165, 1.54) is 37.7 Å². The zero-order valence-corrected chi connectivity index (χ0v) is 11.9. The van der Waals surface area contributed by atoms with Crippen LogP contribution in [-0.2, 0) is 11.2 Å². The van der Waals surface area contributed by atoms with Crippen LogP contribution in [0, 0.1) is 0 Å². The van der Waals surface area contributed by atoms with Crippen molar-refractivity contribution in [2.24, 2.45) is 0 Å². The van der Waals surface area contributed by atoms with Gasteiger partial charge < -0.3 is 10.1 Å². The van der Waals surface area contributed by atoms with E-state index in [4.69, 9.17) is 4.74 Å². The molecule has 1 aliphatic carbocycles. The van der Waals surface area contributed by atoms with Crippen molar-refractivity contribution in [2.75, 3.05) is 6.61 Å². The van der Waals surface area contributed by atoms with Crippen LogP contribution in [0.5, 0.6) is 0 Å². The van der Waals surface area contributed by atoms with Gasteiger partial charge in [0.25, 0.3) is 0 Å². The van der Waals surface area contributed by atoms with E-state index in [9.17, 15) is 0 Å². The summed E-state index contributed by atoms with van der Waals surface area (Å²) in [6, 6.07) is 12.0. The van der Waals surface area contributed by atoms with Gasteiger partial charge in [-0.1, -0.05) is 30.3 Å². The van der Waals surface area contributed by atoms with Gasteiger partial charge in [-0.05, 0) is 51.0 Å². The summed E-state index contributed by atoms with van der Waals surface area (Å²) < 4.78 is 5.99. The predicted octanol–water partition coefficient (Wildman–Crippen LogP) is 3.31. The first-order valence-corrected chi connectivity index (χ1v) is 7.70. The van der Waals surface area contributed by atoms with Gasteiger partial charge in [-0.3, -0.25) is 0 Å². The predicted molar refractivity (Wildman–Crippen MR) is 78.3 cm³/mol. The van der Waals surface area contributed by atoms with Crippen molar-refractivity contribution >= 4 is 0 Å². The Kier molecular flexibility index (Phi) is 3.90. The standard InChI is InChI=1S/C17H25NO/c1-14(12-15-6-3-2-4-7-15)18-16-8-11-19-17(13-16)9-5-10-17/h2-4,6-7,14,16,18H,5,8-13H2,1H3. The Morgan fingerprint density at radius 1 is 1.32 bits per heavy atom. The van der Waals surface area contributed by atoms with Crippen LogP contribution in [0.25, 0.3) is 0 Å². The third-order valence-corrected chi connectivity index (χ3v) is 4.66. The summed E-state index contributed by atoms with van der Waals surface area (Å²) in [5, 5.41) is 3.81. The van der Waals surface area contributed by atoms with Crippen LogP contribution >= 0.6 is 0 Å². The molecule has 19 heavy (non-hydrogen) atoms. The highest BCUT2D eigenvalue weighted by molar-refractivity contribution is 5.15. The lowest BCUT2D eigenvalue weighted by Gasteiger charge is -2.47. The second-order valence-electron chi connectivity index (χ2n) is 6.33. The Morgan fingerprint density at radius 2 is 2.11 bits per heavy atom. The molecule has 2 atom stereocenters. The number of hydrogen-bond acceptors (Lipinski definition) is 2. The zero-order chi connectivity index (χ0) is 13.1. The number of benzene rings is 1. The molecule has 0 amide bonds. The SMILES string of the molecule is CC(Cc1ccccc1)NC1CCOC2(CCC2)C1. The van der Waals surface area contributed by atoms with E-state index in [1.54, 1.807) is 0 Å². The third-order valence-electron chi connectivity index (χ3n) is 4.66. The summed E-state index contributed by atoms with van der Waals surface area (Å²) in [4.78, 5) is 0. The lowest BCUT2D eigenvalue weighted by molar-refractivity contribution is -0.136. The molecule has 1 aromatic carbocycles. The van der Waals surface area contributed by atoms with Gasteiger partial charge in [-0.25, -0.2) is 0 Å². The van der Waals surface area contributed by atoms with Crippen LogP contribution in [0.15, 0.2) is 30.3 Å². The Labute approximate surface area is 116 Å². The highest BCUT2D eigenvalue weighted by Gasteiger charge is 2.42. The van der Waals surface area contributed by atoms with Crippen LogP contribution in [0.1, 0.15) is 44.6 Å². The van der Waals surface area contributed by atoms with Gasteiger partial charge in [-0.15, -0.1) is 0 Å². The maximum Gasteiger partial charge on any atom is 0.0697 e. The molecule has 0 aromatic heterocycles. The molecule has 1 saturated heterocycles. The summed E-state index contributed by atoms with van der Waals surface area (Å²) in [5.74, 6) is 0. The first-order chi connectivity index (χ1) is 9.26. The van der Waals surface area contributed by atoms with Crippen LogP contribution in [0.2, 0.25) is 0 Å². The van der Waals surface area contributed by atoms with Crippen molar-refractivity contribution in [3.8, 4) is 0 Å². The van der Waals surface area contributed by atoms with Crippen molar-refractivity contribution in [3.63, 3.8) is 0 Å². The van der Waals surface area contributed by atoms with Crippen molar-refractivity contribution in [1.29, 1.82) is 0 Å². The minimum Gasteiger partial charge on any atom is -0.375 e. The number of ether oxygens (including phenoxy) is 1. The summed E-state index contributed by atoms with van der Waals surface area (Å²) >= 11 is 0. The quantitative estimate of drug-likeness (QED) is 0.895. The molecule has 2 nitrogen and oxygen atoms in total. The molecule has 0 radical (unpaired) electrons. The van der Waals surface area contributed by atoms with Crippen LogP contribution < -0.4 is 5.32 Å². The smallest absolute Gasteiger partial charge is 0.0697 e. The molecule has 1 aliphatic heterocycles. The summed E-state index contributed by atoms with van der Waals surface area (Å²) in [5.41, 5.74) is 1.68. The topological polar surface area (TPSA) is 21.3 Å². The van der Waals surface area contributed by atoms with Gasteiger partial charge in [0.1, 0.15) is 0 Å². The first kappa shape index (κ1) is 13.1. The molecular weight excluding hydrogens is 234 g/mol. The fourth-order valence-corrected chi connectivity index (χ4v) is 3.52. The fourth-order valence-electron chi connectivity index (χ4n) is 3.52. The van der Waals surface area contributed by atoms with Gasteiger partial charge >= 0.3 is 0 Å². The fraction of sp³-hybridized carbons (Fsp3) is 0.647. The summed E-state index contributed by atoms with van der Waals surface area (Å²) in [7, 11) is 0. The molecule has 2 fully saturated rings. The van der Waals surface area contributed by atoms with Crippen molar-refractivity contribution in [3.05, 3.63) is 35.9 Å². The van der Waals surface area contributed by atoms with Crippen molar-refractivity contribution < 1.29 is 4.74 Å². The molecular formula is C17H25NO. The number of nitrogens with one attached hydrogen (secondary N) is 1. The Morgan fingerprint density at radius 3 is 2.79 bits per heavy atom. The van der Waals surface area contributed by atoms with E-state index in [-0.39, 0.29) is 5.60 Å². The average Bonchev–Trinajstić information content (AvgIpc) is 2.38. The highest BCUT2D eigenvalue weighted by atomic mass is 16.5. The van der Waals surface area contributed by atoms with E-state index in [0.29, 0.717) is 12.1 Å². The molecule has 104 valence electrons. The van der Waals surface area contributed by atoms with Crippen LogP contribution in [-0.4, -0.2) is 24.3 Å². The van der Waals surface area contributed by atoms with E-state index in [0.717, 1.165) is 13.0 Å². The largest absolute Gasteiger partial charge is 0.375 e. The lowest BCUT2D eigenvalue weighted by Crippen LogP contribution is -2.52. The van der Waals surface area contributed by atoms with Gasteiger partial charge in [0.2, 0.25) is 0 Å². The van der Waals surface area contributed by atoms with E-state index < -0.39 is 0 Å². The van der Waals surface area contributed by atoms with Gasteiger partial charge in [-0.2, -0.15) is 0 Å². The summed E-state index contributed by atoms with van der Waals surface area (Å²) in [6.45, 7) is 3.24.